The summed E-state index contributed by atoms with van der Waals surface area (Å²) in [6.07, 6.45) is 0. The van der Waals surface area contributed by atoms with E-state index in [1.54, 1.807) is 7.11 Å². The molecule has 0 aliphatic heterocycles. The maximum atomic E-state index is 5.91. The lowest BCUT2D eigenvalue weighted by Gasteiger charge is -1.99. The van der Waals surface area contributed by atoms with Gasteiger partial charge in [-0.25, -0.2) is 0 Å². The van der Waals surface area contributed by atoms with Crippen LogP contribution in [0.3, 0.4) is 0 Å². The number of methoxy groups -OCH3 is 1. The van der Waals surface area contributed by atoms with Crippen molar-refractivity contribution in [3.63, 3.8) is 0 Å². The monoisotopic (exact) mass is 237 g/mol. The van der Waals surface area contributed by atoms with Gasteiger partial charge in [0.1, 0.15) is 5.75 Å². The van der Waals surface area contributed by atoms with E-state index in [0.29, 0.717) is 0 Å². The van der Waals surface area contributed by atoms with Crippen molar-refractivity contribution in [2.45, 2.75) is 6.92 Å². The fourth-order valence-corrected chi connectivity index (χ4v) is 1.61. The van der Waals surface area contributed by atoms with E-state index in [2.05, 4.69) is 11.8 Å². The highest BCUT2D eigenvalue weighted by Crippen LogP contribution is 2.13. The minimum Gasteiger partial charge on any atom is -0.497 e. The van der Waals surface area contributed by atoms with Crippen LogP contribution < -0.4 is 10.5 Å². The summed E-state index contributed by atoms with van der Waals surface area (Å²) >= 11 is 0. The van der Waals surface area contributed by atoms with Gasteiger partial charge in [-0.05, 0) is 48.9 Å². The highest BCUT2D eigenvalue weighted by Gasteiger charge is 1.95. The minimum atomic E-state index is 0.719. The van der Waals surface area contributed by atoms with Crippen LogP contribution in [-0.2, 0) is 0 Å². The van der Waals surface area contributed by atoms with Crippen LogP contribution in [0, 0.1) is 18.8 Å². The van der Waals surface area contributed by atoms with E-state index in [4.69, 9.17) is 10.5 Å². The van der Waals surface area contributed by atoms with Gasteiger partial charge in [-0.3, -0.25) is 0 Å². The van der Waals surface area contributed by atoms with Crippen molar-refractivity contribution >= 4 is 5.69 Å². The predicted octanol–water partition coefficient (Wildman–Crippen LogP) is 2.99. The predicted molar refractivity (Wildman–Crippen MR) is 74.6 cm³/mol. The minimum absolute atomic E-state index is 0.719. The molecule has 0 heterocycles. The van der Waals surface area contributed by atoms with Crippen molar-refractivity contribution in [3.8, 4) is 17.6 Å². The smallest absolute Gasteiger partial charge is 0.118 e. The zero-order chi connectivity index (χ0) is 13.0. The lowest BCUT2D eigenvalue weighted by molar-refractivity contribution is 0.415. The number of ether oxygens (including phenoxy) is 1. The first-order valence-electron chi connectivity index (χ1n) is 5.71. The van der Waals surface area contributed by atoms with E-state index >= 15 is 0 Å². The summed E-state index contributed by atoms with van der Waals surface area (Å²) in [5, 5.41) is 0. The van der Waals surface area contributed by atoms with Gasteiger partial charge in [0.25, 0.3) is 0 Å². The van der Waals surface area contributed by atoms with E-state index in [1.807, 2.05) is 49.4 Å². The molecule has 0 spiro atoms. The third kappa shape index (κ3) is 2.83. The number of rotatable bonds is 1. The van der Waals surface area contributed by atoms with Crippen LogP contribution in [0.2, 0.25) is 0 Å². The summed E-state index contributed by atoms with van der Waals surface area (Å²) in [5.41, 5.74) is 9.57. The Labute approximate surface area is 107 Å². The topological polar surface area (TPSA) is 35.2 Å². The Morgan fingerprint density at radius 3 is 2.33 bits per heavy atom. The van der Waals surface area contributed by atoms with Gasteiger partial charge in [0.2, 0.25) is 0 Å². The summed E-state index contributed by atoms with van der Waals surface area (Å²) in [5.74, 6) is 6.99. The molecule has 18 heavy (non-hydrogen) atoms. The lowest BCUT2D eigenvalue weighted by Crippen LogP contribution is -1.90. The van der Waals surface area contributed by atoms with Gasteiger partial charge < -0.3 is 10.5 Å². The third-order valence-electron chi connectivity index (χ3n) is 2.64. The van der Waals surface area contributed by atoms with E-state index in [9.17, 15) is 0 Å². The fraction of sp³-hybridized carbons (Fsp3) is 0.125. The second-order valence-electron chi connectivity index (χ2n) is 4.07. The highest BCUT2D eigenvalue weighted by molar-refractivity contribution is 5.58. The van der Waals surface area contributed by atoms with Crippen LogP contribution in [0.25, 0.3) is 0 Å². The molecule has 0 bridgehead atoms. The molecule has 2 N–H and O–H groups in total. The first kappa shape index (κ1) is 12.1. The Morgan fingerprint density at radius 1 is 1.00 bits per heavy atom. The molecule has 90 valence electrons. The molecule has 0 aromatic heterocycles. The molecule has 2 nitrogen and oxygen atoms in total. The molecule has 2 rings (SSSR count). The molecule has 0 unspecified atom stereocenters. The lowest BCUT2D eigenvalue weighted by atomic mass is 10.1. The number of aryl methyl sites for hydroxylation is 1. The summed E-state index contributed by atoms with van der Waals surface area (Å²) < 4.78 is 5.10. The molecule has 0 aliphatic rings. The number of nitrogens with two attached hydrogens (primary N) is 1. The van der Waals surface area contributed by atoms with Gasteiger partial charge in [-0.1, -0.05) is 17.9 Å². The average molecular weight is 237 g/mol. The van der Waals surface area contributed by atoms with Crippen LogP contribution in [0.1, 0.15) is 16.7 Å². The normalized spacial score (nSPS) is 9.44. The van der Waals surface area contributed by atoms with Crippen LogP contribution in [0.5, 0.6) is 5.75 Å². The first-order valence-corrected chi connectivity index (χ1v) is 5.71. The fourth-order valence-electron chi connectivity index (χ4n) is 1.61. The van der Waals surface area contributed by atoms with Crippen molar-refractivity contribution in [1.29, 1.82) is 0 Å². The zero-order valence-corrected chi connectivity index (χ0v) is 10.5. The molecule has 0 fully saturated rings. The van der Waals surface area contributed by atoms with E-state index < -0.39 is 0 Å². The molecule has 2 heteroatoms. The number of nitrogen functional groups attached to an aromatic ring is 1. The van der Waals surface area contributed by atoms with Crippen LogP contribution in [-0.4, -0.2) is 7.11 Å². The number of benzene rings is 2. The Balaban J connectivity index is 2.25. The van der Waals surface area contributed by atoms with Gasteiger partial charge in [0, 0.05) is 16.8 Å². The molecule has 0 saturated carbocycles. The SMILES string of the molecule is COc1ccc(C#Cc2ccc(C)cc2N)cc1. The van der Waals surface area contributed by atoms with Gasteiger partial charge >= 0.3 is 0 Å². The third-order valence-corrected chi connectivity index (χ3v) is 2.64. The van der Waals surface area contributed by atoms with Crippen molar-refractivity contribution in [1.82, 2.24) is 0 Å². The second kappa shape index (κ2) is 5.29. The Morgan fingerprint density at radius 2 is 1.72 bits per heavy atom. The average Bonchev–Trinajstić information content (AvgIpc) is 2.38. The molecule has 0 radical (unpaired) electrons. The molecule has 0 atom stereocenters. The Kier molecular flexibility index (Phi) is 3.54. The molecule has 0 aliphatic carbocycles. The maximum Gasteiger partial charge on any atom is 0.118 e. The molecule has 0 amide bonds. The second-order valence-corrected chi connectivity index (χ2v) is 4.07. The zero-order valence-electron chi connectivity index (χ0n) is 10.5. The summed E-state index contributed by atoms with van der Waals surface area (Å²) in [7, 11) is 1.65. The van der Waals surface area contributed by atoms with Gasteiger partial charge in [0.05, 0.1) is 7.11 Å². The van der Waals surface area contributed by atoms with Crippen molar-refractivity contribution in [2.24, 2.45) is 0 Å². The quantitative estimate of drug-likeness (QED) is 0.611. The van der Waals surface area contributed by atoms with Crippen LogP contribution >= 0.6 is 0 Å². The van der Waals surface area contributed by atoms with Gasteiger partial charge in [0.15, 0.2) is 0 Å². The van der Waals surface area contributed by atoms with Crippen LogP contribution in [0.15, 0.2) is 42.5 Å². The van der Waals surface area contributed by atoms with Gasteiger partial charge in [-0.2, -0.15) is 0 Å². The van der Waals surface area contributed by atoms with Crippen molar-refractivity contribution in [2.75, 3.05) is 12.8 Å². The van der Waals surface area contributed by atoms with E-state index in [0.717, 1.165) is 28.1 Å². The molecular weight excluding hydrogens is 222 g/mol. The standard InChI is InChI=1S/C16H15NO/c1-12-3-7-14(16(17)11-12)8-4-13-5-9-15(18-2)10-6-13/h3,5-7,9-11H,17H2,1-2H3. The number of hydrogen-bond donors (Lipinski definition) is 1. The largest absolute Gasteiger partial charge is 0.497 e. The summed E-state index contributed by atoms with van der Waals surface area (Å²) in [4.78, 5) is 0. The van der Waals surface area contributed by atoms with E-state index in [1.165, 1.54) is 0 Å². The first-order chi connectivity index (χ1) is 8.69. The summed E-state index contributed by atoms with van der Waals surface area (Å²) in [6.45, 7) is 2.01. The van der Waals surface area contributed by atoms with Crippen LogP contribution in [0.4, 0.5) is 5.69 Å². The highest BCUT2D eigenvalue weighted by atomic mass is 16.5. The Hall–Kier alpha value is -2.40. The Bertz CT molecular complexity index is 603. The molecular formula is C16H15NO. The number of anilines is 1. The maximum absolute atomic E-state index is 5.91. The molecule has 2 aromatic carbocycles. The molecule has 2 aromatic rings. The van der Waals surface area contributed by atoms with Gasteiger partial charge in [-0.15, -0.1) is 0 Å². The number of hydrogen-bond acceptors (Lipinski definition) is 2. The van der Waals surface area contributed by atoms with Crippen molar-refractivity contribution in [3.05, 3.63) is 59.2 Å². The van der Waals surface area contributed by atoms with E-state index in [-0.39, 0.29) is 0 Å². The van der Waals surface area contributed by atoms with Crippen molar-refractivity contribution < 1.29 is 4.74 Å². The summed E-state index contributed by atoms with van der Waals surface area (Å²) in [6, 6.07) is 13.5. The molecule has 0 saturated heterocycles.